The standard InChI is InChI=1S/C25H39N3O4/c1-18(2)9-10-26-24(29)23(19-7-5-6-8-19)27-11-13-28(14-12-27)25(30)20-15-21(31-3)17-22(16-20)32-4/h15-19,23H,5-14H2,1-4H3,(H,26,29)/t23-/m0/s1. The topological polar surface area (TPSA) is 71.1 Å². The first-order valence-electron chi connectivity index (χ1n) is 12.0. The van der Waals surface area contributed by atoms with Gasteiger partial charge in [-0.05, 0) is 43.2 Å². The molecule has 1 aromatic rings. The Hall–Kier alpha value is -2.28. The van der Waals surface area contributed by atoms with Gasteiger partial charge in [-0.25, -0.2) is 0 Å². The van der Waals surface area contributed by atoms with Crippen LogP contribution in [-0.4, -0.2) is 74.6 Å². The average Bonchev–Trinajstić information content (AvgIpc) is 3.33. The number of methoxy groups -OCH3 is 2. The molecule has 0 aromatic heterocycles. The maximum atomic E-state index is 13.1. The molecule has 1 aromatic carbocycles. The molecule has 0 spiro atoms. The molecule has 0 radical (unpaired) electrons. The average molecular weight is 446 g/mol. The normalized spacial score (nSPS) is 18.6. The summed E-state index contributed by atoms with van der Waals surface area (Å²) in [5.74, 6) is 2.33. The van der Waals surface area contributed by atoms with Crippen LogP contribution in [0.25, 0.3) is 0 Å². The number of piperazine rings is 1. The summed E-state index contributed by atoms with van der Waals surface area (Å²) in [5.41, 5.74) is 0.563. The minimum absolute atomic E-state index is 0.0272. The molecule has 1 aliphatic carbocycles. The van der Waals surface area contributed by atoms with Gasteiger partial charge >= 0.3 is 0 Å². The number of rotatable bonds is 9. The van der Waals surface area contributed by atoms with Crippen LogP contribution in [0.5, 0.6) is 11.5 Å². The van der Waals surface area contributed by atoms with Gasteiger partial charge in [0.2, 0.25) is 5.91 Å². The molecular weight excluding hydrogens is 406 g/mol. The van der Waals surface area contributed by atoms with Crippen LogP contribution in [0.3, 0.4) is 0 Å². The van der Waals surface area contributed by atoms with E-state index in [2.05, 4.69) is 24.1 Å². The van der Waals surface area contributed by atoms with E-state index in [1.807, 2.05) is 4.90 Å². The number of amides is 2. The maximum absolute atomic E-state index is 13.1. The number of nitrogens with one attached hydrogen (secondary N) is 1. The van der Waals surface area contributed by atoms with Crippen molar-refractivity contribution in [2.45, 2.75) is 52.0 Å². The molecule has 1 N–H and O–H groups in total. The lowest BCUT2D eigenvalue weighted by Gasteiger charge is -2.40. The van der Waals surface area contributed by atoms with Crippen LogP contribution >= 0.6 is 0 Å². The predicted molar refractivity (Wildman–Crippen MR) is 125 cm³/mol. The summed E-state index contributed by atoms with van der Waals surface area (Å²) in [5, 5.41) is 3.18. The molecule has 1 saturated heterocycles. The minimum Gasteiger partial charge on any atom is -0.497 e. The second kappa shape index (κ2) is 11.5. The lowest BCUT2D eigenvalue weighted by atomic mass is 9.94. The Balaban J connectivity index is 1.64. The maximum Gasteiger partial charge on any atom is 0.254 e. The molecular formula is C25H39N3O4. The molecule has 1 aliphatic heterocycles. The van der Waals surface area contributed by atoms with Crippen LogP contribution in [-0.2, 0) is 4.79 Å². The van der Waals surface area contributed by atoms with E-state index in [0.717, 1.165) is 25.8 Å². The number of benzene rings is 1. The largest absolute Gasteiger partial charge is 0.497 e. The van der Waals surface area contributed by atoms with Gasteiger partial charge < -0.3 is 19.7 Å². The Bertz CT molecular complexity index is 746. The van der Waals surface area contributed by atoms with E-state index in [-0.39, 0.29) is 17.9 Å². The fraction of sp³-hybridized carbons (Fsp3) is 0.680. The van der Waals surface area contributed by atoms with E-state index in [0.29, 0.717) is 55.1 Å². The van der Waals surface area contributed by atoms with Crippen molar-refractivity contribution in [2.24, 2.45) is 11.8 Å². The molecule has 2 amide bonds. The molecule has 7 nitrogen and oxygen atoms in total. The van der Waals surface area contributed by atoms with E-state index in [4.69, 9.17) is 9.47 Å². The van der Waals surface area contributed by atoms with E-state index in [1.165, 1.54) is 12.8 Å². The van der Waals surface area contributed by atoms with Gasteiger partial charge in [-0.1, -0.05) is 26.7 Å². The number of carbonyl (C=O) groups is 2. The van der Waals surface area contributed by atoms with E-state index < -0.39 is 0 Å². The Morgan fingerprint density at radius 2 is 1.59 bits per heavy atom. The van der Waals surface area contributed by atoms with Gasteiger partial charge in [0.05, 0.1) is 20.3 Å². The third kappa shape index (κ3) is 6.15. The zero-order valence-corrected chi connectivity index (χ0v) is 20.1. The first-order chi connectivity index (χ1) is 15.4. The second-order valence-corrected chi connectivity index (χ2v) is 9.39. The molecule has 1 atom stereocenters. The molecule has 0 unspecified atom stereocenters. The van der Waals surface area contributed by atoms with Gasteiger partial charge in [0.1, 0.15) is 11.5 Å². The van der Waals surface area contributed by atoms with Crippen molar-refractivity contribution in [3.05, 3.63) is 23.8 Å². The van der Waals surface area contributed by atoms with Gasteiger partial charge in [0.15, 0.2) is 0 Å². The molecule has 178 valence electrons. The minimum atomic E-state index is -0.0844. The number of hydrogen-bond donors (Lipinski definition) is 1. The van der Waals surface area contributed by atoms with Crippen molar-refractivity contribution in [3.63, 3.8) is 0 Å². The van der Waals surface area contributed by atoms with Crippen molar-refractivity contribution in [1.29, 1.82) is 0 Å². The van der Waals surface area contributed by atoms with Crippen molar-refractivity contribution < 1.29 is 19.1 Å². The van der Waals surface area contributed by atoms with Crippen LogP contribution in [0, 0.1) is 11.8 Å². The zero-order chi connectivity index (χ0) is 23.1. The number of carbonyl (C=O) groups excluding carboxylic acids is 2. The van der Waals surface area contributed by atoms with Crippen LogP contribution < -0.4 is 14.8 Å². The molecule has 2 aliphatic rings. The molecule has 1 heterocycles. The Morgan fingerprint density at radius 1 is 1.00 bits per heavy atom. The Morgan fingerprint density at radius 3 is 2.12 bits per heavy atom. The summed E-state index contributed by atoms with van der Waals surface area (Å²) in [6.07, 6.45) is 5.64. The molecule has 32 heavy (non-hydrogen) atoms. The van der Waals surface area contributed by atoms with Gasteiger partial charge in [0.25, 0.3) is 5.91 Å². The summed E-state index contributed by atoms with van der Waals surface area (Å²) in [4.78, 5) is 30.4. The number of ether oxygens (including phenoxy) is 2. The van der Waals surface area contributed by atoms with Gasteiger partial charge in [0, 0.05) is 44.4 Å². The zero-order valence-electron chi connectivity index (χ0n) is 20.1. The fourth-order valence-electron chi connectivity index (χ4n) is 4.86. The van der Waals surface area contributed by atoms with Gasteiger partial charge in [-0.15, -0.1) is 0 Å². The third-order valence-corrected chi connectivity index (χ3v) is 6.73. The Labute approximate surface area is 192 Å². The Kier molecular flexibility index (Phi) is 8.79. The summed E-state index contributed by atoms with van der Waals surface area (Å²) < 4.78 is 10.6. The highest BCUT2D eigenvalue weighted by Crippen LogP contribution is 2.31. The quantitative estimate of drug-likeness (QED) is 0.632. The van der Waals surface area contributed by atoms with E-state index in [1.54, 1.807) is 32.4 Å². The van der Waals surface area contributed by atoms with Crippen molar-refractivity contribution in [1.82, 2.24) is 15.1 Å². The molecule has 0 bridgehead atoms. The molecule has 7 heteroatoms. The van der Waals surface area contributed by atoms with Gasteiger partial charge in [-0.3, -0.25) is 14.5 Å². The highest BCUT2D eigenvalue weighted by atomic mass is 16.5. The van der Waals surface area contributed by atoms with Crippen LogP contribution in [0.4, 0.5) is 0 Å². The van der Waals surface area contributed by atoms with Crippen molar-refractivity contribution in [2.75, 3.05) is 46.9 Å². The first-order valence-corrected chi connectivity index (χ1v) is 12.0. The number of nitrogens with zero attached hydrogens (tertiary/aromatic N) is 2. The third-order valence-electron chi connectivity index (χ3n) is 6.73. The first kappa shape index (κ1) is 24.4. The smallest absolute Gasteiger partial charge is 0.254 e. The van der Waals surface area contributed by atoms with E-state index in [9.17, 15) is 9.59 Å². The summed E-state index contributed by atoms with van der Waals surface area (Å²) >= 11 is 0. The van der Waals surface area contributed by atoms with Crippen LogP contribution in [0.1, 0.15) is 56.3 Å². The summed E-state index contributed by atoms with van der Waals surface area (Å²) in [6, 6.07) is 5.18. The lowest BCUT2D eigenvalue weighted by molar-refractivity contribution is -0.129. The van der Waals surface area contributed by atoms with Crippen LogP contribution in [0.2, 0.25) is 0 Å². The predicted octanol–water partition coefficient (Wildman–Crippen LogP) is 3.18. The SMILES string of the molecule is COc1cc(OC)cc(C(=O)N2CCN([C@H](C(=O)NCCC(C)C)C3CCCC3)CC2)c1. The molecule has 1 saturated carbocycles. The second-order valence-electron chi connectivity index (χ2n) is 9.39. The van der Waals surface area contributed by atoms with Gasteiger partial charge in [-0.2, -0.15) is 0 Å². The van der Waals surface area contributed by atoms with Crippen molar-refractivity contribution >= 4 is 11.8 Å². The van der Waals surface area contributed by atoms with Crippen LogP contribution in [0.15, 0.2) is 18.2 Å². The summed E-state index contributed by atoms with van der Waals surface area (Å²) in [6.45, 7) is 7.73. The molecule has 3 rings (SSSR count). The highest BCUT2D eigenvalue weighted by Gasteiger charge is 2.37. The molecule has 2 fully saturated rings. The highest BCUT2D eigenvalue weighted by molar-refractivity contribution is 5.95. The van der Waals surface area contributed by atoms with Crippen molar-refractivity contribution in [3.8, 4) is 11.5 Å². The fourth-order valence-corrected chi connectivity index (χ4v) is 4.86. The lowest BCUT2D eigenvalue weighted by Crippen LogP contribution is -2.58. The number of hydrogen-bond acceptors (Lipinski definition) is 5. The van der Waals surface area contributed by atoms with E-state index >= 15 is 0 Å². The summed E-state index contributed by atoms with van der Waals surface area (Å²) in [7, 11) is 3.16. The monoisotopic (exact) mass is 445 g/mol.